The number of rotatable bonds is 7. The normalized spacial score (nSPS) is 10.8. The van der Waals surface area contributed by atoms with Crippen molar-refractivity contribution >= 4 is 17.6 Å². The van der Waals surface area contributed by atoms with Gasteiger partial charge in [0, 0.05) is 11.6 Å². The Kier molecular flexibility index (Phi) is 6.06. The molecule has 23 heavy (non-hydrogen) atoms. The molecule has 1 rings (SSSR count). The van der Waals surface area contributed by atoms with Crippen molar-refractivity contribution < 1.29 is 24.0 Å². The average Bonchev–Trinajstić information content (AvgIpc) is 2.51. The summed E-state index contributed by atoms with van der Waals surface area (Å²) < 4.78 is 9.72. The number of nitro groups is 1. The average molecular weight is 324 g/mol. The van der Waals surface area contributed by atoms with Crippen LogP contribution in [0.2, 0.25) is 0 Å². The van der Waals surface area contributed by atoms with Crippen LogP contribution < -0.4 is 10.1 Å². The first kappa shape index (κ1) is 18.4. The fourth-order valence-electron chi connectivity index (χ4n) is 1.68. The quantitative estimate of drug-likeness (QED) is 0.467. The van der Waals surface area contributed by atoms with Crippen LogP contribution in [-0.2, 0) is 9.53 Å². The Hall–Kier alpha value is -2.64. The minimum absolute atomic E-state index is 0.0277. The van der Waals surface area contributed by atoms with Crippen LogP contribution in [0, 0.1) is 10.1 Å². The SMILES string of the molecule is CCC(C)(C)NC(=O)COC(=O)c1ccc(OC)c([N+](=O)[O-])c1. The molecule has 0 spiro atoms. The molecule has 1 aromatic carbocycles. The largest absolute Gasteiger partial charge is 0.490 e. The van der Waals surface area contributed by atoms with E-state index in [1.165, 1.54) is 19.2 Å². The molecule has 0 bridgehead atoms. The lowest BCUT2D eigenvalue weighted by Crippen LogP contribution is -2.44. The van der Waals surface area contributed by atoms with Crippen LogP contribution in [0.4, 0.5) is 5.69 Å². The topological polar surface area (TPSA) is 108 Å². The molecule has 8 nitrogen and oxygen atoms in total. The van der Waals surface area contributed by atoms with Gasteiger partial charge < -0.3 is 14.8 Å². The third kappa shape index (κ3) is 5.24. The molecule has 126 valence electrons. The Labute approximate surface area is 133 Å². The lowest BCUT2D eigenvalue weighted by Gasteiger charge is -2.24. The monoisotopic (exact) mass is 324 g/mol. The van der Waals surface area contributed by atoms with Gasteiger partial charge in [0.25, 0.3) is 5.91 Å². The molecule has 1 aromatic rings. The van der Waals surface area contributed by atoms with E-state index in [1.54, 1.807) is 0 Å². The standard InChI is InChI=1S/C15H20N2O6/c1-5-15(2,3)16-13(18)9-23-14(19)10-6-7-12(22-4)11(8-10)17(20)21/h6-8H,5,9H2,1-4H3,(H,16,18). The van der Waals surface area contributed by atoms with E-state index in [1.807, 2.05) is 20.8 Å². The summed E-state index contributed by atoms with van der Waals surface area (Å²) in [5.74, 6) is -1.22. The number of carbonyl (C=O) groups is 2. The number of hydrogen-bond acceptors (Lipinski definition) is 6. The predicted molar refractivity (Wildman–Crippen MR) is 82.4 cm³/mol. The first-order chi connectivity index (χ1) is 10.7. The van der Waals surface area contributed by atoms with Crippen LogP contribution in [0.1, 0.15) is 37.6 Å². The maximum Gasteiger partial charge on any atom is 0.338 e. The Morgan fingerprint density at radius 3 is 2.52 bits per heavy atom. The summed E-state index contributed by atoms with van der Waals surface area (Å²) in [5, 5.41) is 13.6. The number of carbonyl (C=O) groups excluding carboxylic acids is 2. The van der Waals surface area contributed by atoms with Gasteiger partial charge in [-0.15, -0.1) is 0 Å². The summed E-state index contributed by atoms with van der Waals surface area (Å²) in [7, 11) is 1.29. The number of benzene rings is 1. The minimum atomic E-state index is -0.819. The van der Waals surface area contributed by atoms with Crippen LogP contribution in [0.15, 0.2) is 18.2 Å². The second-order valence-corrected chi connectivity index (χ2v) is 5.51. The van der Waals surface area contributed by atoms with E-state index in [4.69, 9.17) is 9.47 Å². The van der Waals surface area contributed by atoms with Crippen molar-refractivity contribution in [2.75, 3.05) is 13.7 Å². The highest BCUT2D eigenvalue weighted by Crippen LogP contribution is 2.27. The van der Waals surface area contributed by atoms with E-state index >= 15 is 0 Å². The summed E-state index contributed by atoms with van der Waals surface area (Å²) >= 11 is 0. The predicted octanol–water partition coefficient (Wildman–Crippen LogP) is 2.06. The highest BCUT2D eigenvalue weighted by molar-refractivity contribution is 5.92. The van der Waals surface area contributed by atoms with E-state index < -0.39 is 28.9 Å². The summed E-state index contributed by atoms with van der Waals surface area (Å²) in [4.78, 5) is 33.9. The highest BCUT2D eigenvalue weighted by atomic mass is 16.6. The van der Waals surface area contributed by atoms with Crippen molar-refractivity contribution in [1.29, 1.82) is 0 Å². The second kappa shape index (κ2) is 7.57. The summed E-state index contributed by atoms with van der Waals surface area (Å²) in [5.41, 5.74) is -0.777. The fraction of sp³-hybridized carbons (Fsp3) is 0.467. The molecule has 1 amide bonds. The van der Waals surface area contributed by atoms with Crippen LogP contribution >= 0.6 is 0 Å². The van der Waals surface area contributed by atoms with Crippen molar-refractivity contribution in [2.24, 2.45) is 0 Å². The maximum absolute atomic E-state index is 11.9. The Balaban J connectivity index is 2.74. The molecule has 0 aromatic heterocycles. The number of methoxy groups -OCH3 is 1. The van der Waals surface area contributed by atoms with Gasteiger partial charge in [0.1, 0.15) is 0 Å². The van der Waals surface area contributed by atoms with Crippen molar-refractivity contribution in [3.63, 3.8) is 0 Å². The zero-order chi connectivity index (χ0) is 17.6. The van der Waals surface area contributed by atoms with E-state index in [0.29, 0.717) is 0 Å². The molecule has 0 radical (unpaired) electrons. The first-order valence-electron chi connectivity index (χ1n) is 7.00. The van der Waals surface area contributed by atoms with E-state index in [-0.39, 0.29) is 17.0 Å². The van der Waals surface area contributed by atoms with Gasteiger partial charge in [-0.3, -0.25) is 14.9 Å². The molecule has 0 atom stereocenters. The number of nitrogens with one attached hydrogen (secondary N) is 1. The number of amides is 1. The summed E-state index contributed by atoms with van der Waals surface area (Å²) in [6.45, 7) is 5.16. The molecule has 0 fully saturated rings. The minimum Gasteiger partial charge on any atom is -0.490 e. The Morgan fingerprint density at radius 1 is 1.35 bits per heavy atom. The van der Waals surface area contributed by atoms with E-state index in [0.717, 1.165) is 12.5 Å². The van der Waals surface area contributed by atoms with E-state index in [2.05, 4.69) is 5.32 Å². The van der Waals surface area contributed by atoms with Crippen molar-refractivity contribution in [2.45, 2.75) is 32.7 Å². The van der Waals surface area contributed by atoms with Crippen LogP contribution in [0.5, 0.6) is 5.75 Å². The lowest BCUT2D eigenvalue weighted by atomic mass is 10.0. The molecule has 8 heteroatoms. The van der Waals surface area contributed by atoms with E-state index in [9.17, 15) is 19.7 Å². The zero-order valence-electron chi connectivity index (χ0n) is 13.5. The molecule has 0 saturated carbocycles. The highest BCUT2D eigenvalue weighted by Gasteiger charge is 2.21. The number of nitro benzene ring substituents is 1. The van der Waals surface area contributed by atoms with Crippen molar-refractivity contribution in [3.8, 4) is 5.75 Å². The van der Waals surface area contributed by atoms with Gasteiger partial charge in [-0.2, -0.15) is 0 Å². The second-order valence-electron chi connectivity index (χ2n) is 5.51. The van der Waals surface area contributed by atoms with Crippen molar-refractivity contribution in [3.05, 3.63) is 33.9 Å². The summed E-state index contributed by atoms with van der Waals surface area (Å²) in [6.07, 6.45) is 0.720. The van der Waals surface area contributed by atoms with Gasteiger partial charge in [0.05, 0.1) is 17.6 Å². The maximum atomic E-state index is 11.9. The third-order valence-corrected chi connectivity index (χ3v) is 3.31. The molecule has 0 aliphatic carbocycles. The number of esters is 1. The van der Waals surface area contributed by atoms with Crippen molar-refractivity contribution in [1.82, 2.24) is 5.32 Å². The first-order valence-corrected chi connectivity index (χ1v) is 7.00. The zero-order valence-corrected chi connectivity index (χ0v) is 13.5. The van der Waals surface area contributed by atoms with Gasteiger partial charge in [-0.25, -0.2) is 4.79 Å². The molecular formula is C15H20N2O6. The number of nitrogens with zero attached hydrogens (tertiary/aromatic N) is 1. The summed E-state index contributed by atoms with van der Waals surface area (Å²) in [6, 6.07) is 3.69. The third-order valence-electron chi connectivity index (χ3n) is 3.31. The molecule has 0 unspecified atom stereocenters. The van der Waals surface area contributed by atoms with Gasteiger partial charge in [0.2, 0.25) is 0 Å². The molecule has 0 saturated heterocycles. The van der Waals surface area contributed by atoms with Gasteiger partial charge in [0.15, 0.2) is 12.4 Å². The number of ether oxygens (including phenoxy) is 2. The van der Waals surface area contributed by atoms with Gasteiger partial charge >= 0.3 is 11.7 Å². The smallest absolute Gasteiger partial charge is 0.338 e. The van der Waals surface area contributed by atoms with Crippen LogP contribution in [0.3, 0.4) is 0 Å². The van der Waals surface area contributed by atoms with Crippen LogP contribution in [-0.4, -0.2) is 36.1 Å². The fourth-order valence-corrected chi connectivity index (χ4v) is 1.68. The number of hydrogen-bond donors (Lipinski definition) is 1. The molecule has 0 aliphatic heterocycles. The van der Waals surface area contributed by atoms with Gasteiger partial charge in [-0.05, 0) is 32.4 Å². The van der Waals surface area contributed by atoms with Crippen LogP contribution in [0.25, 0.3) is 0 Å². The molecular weight excluding hydrogens is 304 g/mol. The molecule has 0 heterocycles. The Bertz CT molecular complexity index is 612. The lowest BCUT2D eigenvalue weighted by molar-refractivity contribution is -0.385. The molecule has 0 aliphatic rings. The Morgan fingerprint density at radius 2 is 2.00 bits per heavy atom. The van der Waals surface area contributed by atoms with Gasteiger partial charge in [-0.1, -0.05) is 6.92 Å². The molecule has 1 N–H and O–H groups in total.